The molecule has 3 atom stereocenters. The topological polar surface area (TPSA) is 49.8 Å². The molecular formula is C29H33F6NO3. The van der Waals surface area contributed by atoms with Crippen LogP contribution in [0.1, 0.15) is 68.9 Å². The van der Waals surface area contributed by atoms with Crippen LogP contribution in [0, 0.1) is 11.8 Å². The highest BCUT2D eigenvalue weighted by molar-refractivity contribution is 5.89. The van der Waals surface area contributed by atoms with Gasteiger partial charge in [-0.1, -0.05) is 30.7 Å². The molecule has 3 aliphatic rings. The maximum Gasteiger partial charge on any atom is 0.420 e. The summed E-state index contributed by atoms with van der Waals surface area (Å²) in [4.78, 5) is 13.9. The van der Waals surface area contributed by atoms with Crippen molar-refractivity contribution in [1.29, 1.82) is 0 Å². The average molecular weight is 558 g/mol. The Balaban J connectivity index is 1.34. The molecule has 2 saturated heterocycles. The van der Waals surface area contributed by atoms with Crippen molar-refractivity contribution in [2.75, 3.05) is 6.54 Å². The van der Waals surface area contributed by atoms with Gasteiger partial charge in [0.1, 0.15) is 11.3 Å². The number of hydrogen-bond acceptors (Lipinski definition) is 3. The van der Waals surface area contributed by atoms with Crippen molar-refractivity contribution in [3.05, 3.63) is 41.5 Å². The number of aliphatic carboxylic acids is 1. The van der Waals surface area contributed by atoms with Gasteiger partial charge in [-0.15, -0.1) is 0 Å². The minimum Gasteiger partial charge on any atom is -0.490 e. The van der Waals surface area contributed by atoms with Crippen molar-refractivity contribution in [3.63, 3.8) is 0 Å². The number of carboxylic acids is 1. The molecule has 1 aliphatic carbocycles. The van der Waals surface area contributed by atoms with Crippen LogP contribution in [0.15, 0.2) is 30.3 Å². The lowest BCUT2D eigenvalue weighted by Gasteiger charge is -2.48. The zero-order valence-electron chi connectivity index (χ0n) is 21.5. The van der Waals surface area contributed by atoms with Crippen molar-refractivity contribution in [3.8, 4) is 5.75 Å². The van der Waals surface area contributed by atoms with E-state index in [0.29, 0.717) is 31.2 Å². The Kier molecular flexibility index (Phi) is 7.79. The van der Waals surface area contributed by atoms with Gasteiger partial charge in [-0.25, -0.2) is 0 Å². The van der Waals surface area contributed by atoms with E-state index in [1.807, 2.05) is 6.07 Å². The number of carboxylic acid groups (broad SMARTS) is 1. The average Bonchev–Trinajstić information content (AvgIpc) is 2.85. The molecule has 5 rings (SSSR count). The molecule has 2 heterocycles. The van der Waals surface area contributed by atoms with Crippen LogP contribution in [0.4, 0.5) is 26.3 Å². The molecule has 4 nitrogen and oxygen atoms in total. The number of halogens is 6. The molecule has 0 aromatic heterocycles. The van der Waals surface area contributed by atoms with Gasteiger partial charge in [0.25, 0.3) is 0 Å². The highest BCUT2D eigenvalue weighted by Crippen LogP contribution is 2.44. The van der Waals surface area contributed by atoms with Crippen LogP contribution in [-0.2, 0) is 17.4 Å². The Morgan fingerprint density at radius 2 is 1.56 bits per heavy atom. The third kappa shape index (κ3) is 6.15. The zero-order valence-corrected chi connectivity index (χ0v) is 21.5. The third-order valence-electron chi connectivity index (χ3n) is 8.90. The standard InChI is InChI=1S/C29H33F6NO3/c30-28(31,32)20-7-9-23(10-8-20)39-25-11-6-18-5-4-17(14-24(18)26(25)29(33,34)35)12-13-36-21-2-1-3-22(36)16-19(15-21)27(37)38/h4-6,11,14,19-23H,1-3,7-10,12-13,15-16H2,(H,37,38)/t19?,20-,21-,22?,23+/m1/s1. The molecule has 2 aromatic carbocycles. The van der Waals surface area contributed by atoms with Gasteiger partial charge in [-0.05, 0) is 80.2 Å². The summed E-state index contributed by atoms with van der Waals surface area (Å²) in [6.07, 6.45) is -5.23. The zero-order chi connectivity index (χ0) is 27.9. The first-order valence-corrected chi connectivity index (χ1v) is 13.7. The number of nitrogens with zero attached hydrogens (tertiary/aromatic N) is 1. The van der Waals surface area contributed by atoms with E-state index in [1.54, 1.807) is 18.2 Å². The summed E-state index contributed by atoms with van der Waals surface area (Å²) in [6.45, 7) is 0.646. The number of rotatable bonds is 6. The summed E-state index contributed by atoms with van der Waals surface area (Å²) in [5.74, 6) is -2.87. The molecule has 0 spiro atoms. The Bertz CT molecular complexity index is 1170. The highest BCUT2D eigenvalue weighted by atomic mass is 19.4. The molecule has 214 valence electrons. The summed E-state index contributed by atoms with van der Waals surface area (Å²) in [6, 6.07) is 8.22. The van der Waals surface area contributed by atoms with E-state index in [1.165, 1.54) is 6.07 Å². The molecule has 3 fully saturated rings. The predicted octanol–water partition coefficient (Wildman–Crippen LogP) is 7.62. The lowest BCUT2D eigenvalue weighted by molar-refractivity contribution is -0.185. The first kappa shape index (κ1) is 28.1. The molecule has 2 aromatic rings. The van der Waals surface area contributed by atoms with Crippen LogP contribution >= 0.6 is 0 Å². The molecule has 2 aliphatic heterocycles. The largest absolute Gasteiger partial charge is 0.490 e. The van der Waals surface area contributed by atoms with E-state index < -0.39 is 35.9 Å². The third-order valence-corrected chi connectivity index (χ3v) is 8.90. The number of carbonyl (C=O) groups is 1. The van der Waals surface area contributed by atoms with Crippen molar-refractivity contribution in [2.45, 2.75) is 94.7 Å². The quantitative estimate of drug-likeness (QED) is 0.371. The van der Waals surface area contributed by atoms with Crippen LogP contribution in [0.3, 0.4) is 0 Å². The van der Waals surface area contributed by atoms with Gasteiger partial charge in [0.2, 0.25) is 0 Å². The molecule has 10 heteroatoms. The smallest absolute Gasteiger partial charge is 0.420 e. The van der Waals surface area contributed by atoms with E-state index in [9.17, 15) is 36.2 Å². The van der Waals surface area contributed by atoms with Gasteiger partial charge in [-0.2, -0.15) is 26.3 Å². The number of benzene rings is 2. The normalized spacial score (nSPS) is 28.4. The summed E-state index contributed by atoms with van der Waals surface area (Å²) < 4.78 is 87.7. The fourth-order valence-corrected chi connectivity index (χ4v) is 6.88. The fourth-order valence-electron chi connectivity index (χ4n) is 6.88. The van der Waals surface area contributed by atoms with Crippen LogP contribution in [0.5, 0.6) is 5.75 Å². The minimum atomic E-state index is -4.70. The number of ether oxygens (including phenoxy) is 1. The molecule has 2 unspecified atom stereocenters. The van der Waals surface area contributed by atoms with Crippen LogP contribution in [0.2, 0.25) is 0 Å². The summed E-state index contributed by atoms with van der Waals surface area (Å²) >= 11 is 0. The Labute approximate surface area is 223 Å². The van der Waals surface area contributed by atoms with Crippen LogP contribution in [0.25, 0.3) is 10.8 Å². The van der Waals surface area contributed by atoms with E-state index in [4.69, 9.17) is 4.74 Å². The Morgan fingerprint density at radius 3 is 2.15 bits per heavy atom. The molecule has 39 heavy (non-hydrogen) atoms. The second-order valence-electron chi connectivity index (χ2n) is 11.4. The second-order valence-corrected chi connectivity index (χ2v) is 11.4. The van der Waals surface area contributed by atoms with Gasteiger partial charge in [0.05, 0.1) is 17.9 Å². The van der Waals surface area contributed by atoms with Gasteiger partial charge in [0.15, 0.2) is 0 Å². The molecule has 1 N–H and O–H groups in total. The number of hydrogen-bond donors (Lipinski definition) is 1. The first-order valence-electron chi connectivity index (χ1n) is 13.7. The summed E-state index contributed by atoms with van der Waals surface area (Å²) in [7, 11) is 0. The maximum absolute atomic E-state index is 14.3. The first-order chi connectivity index (χ1) is 18.4. The number of piperidine rings is 2. The molecule has 0 radical (unpaired) electrons. The van der Waals surface area contributed by atoms with Gasteiger partial charge < -0.3 is 9.84 Å². The number of alkyl halides is 6. The molecular weight excluding hydrogens is 524 g/mol. The van der Waals surface area contributed by atoms with Gasteiger partial charge in [-0.3, -0.25) is 9.69 Å². The van der Waals surface area contributed by atoms with Crippen molar-refractivity contribution < 1.29 is 41.0 Å². The minimum absolute atomic E-state index is 0.0197. The van der Waals surface area contributed by atoms with Gasteiger partial charge in [0, 0.05) is 18.6 Å². The summed E-state index contributed by atoms with van der Waals surface area (Å²) in [5.41, 5.74) is -0.145. The van der Waals surface area contributed by atoms with Gasteiger partial charge >= 0.3 is 18.3 Å². The Morgan fingerprint density at radius 1 is 0.923 bits per heavy atom. The van der Waals surface area contributed by atoms with Crippen molar-refractivity contribution >= 4 is 16.7 Å². The van der Waals surface area contributed by atoms with E-state index >= 15 is 0 Å². The lowest BCUT2D eigenvalue weighted by atomic mass is 9.78. The molecule has 2 bridgehead atoms. The Hall–Kier alpha value is -2.49. The van der Waals surface area contributed by atoms with Crippen molar-refractivity contribution in [2.24, 2.45) is 11.8 Å². The van der Waals surface area contributed by atoms with Crippen molar-refractivity contribution in [1.82, 2.24) is 4.90 Å². The highest BCUT2D eigenvalue weighted by Gasteiger charge is 2.43. The SMILES string of the molecule is O=C(O)C1CC2CCC[C@H](C1)N2CCc1ccc2ccc(O[C@H]3CC[C@@H](C(F)(F)F)CC3)c(C(F)(F)F)c2c1. The molecule has 1 saturated carbocycles. The van der Waals surface area contributed by atoms with E-state index in [-0.39, 0.29) is 54.8 Å². The van der Waals surface area contributed by atoms with E-state index in [2.05, 4.69) is 4.90 Å². The van der Waals surface area contributed by atoms with E-state index in [0.717, 1.165) is 24.8 Å². The lowest BCUT2D eigenvalue weighted by Crippen LogP contribution is -2.53. The summed E-state index contributed by atoms with van der Waals surface area (Å²) in [5, 5.41) is 9.92. The van der Waals surface area contributed by atoms with Crippen LogP contribution < -0.4 is 4.74 Å². The number of fused-ring (bicyclic) bond motifs is 3. The second kappa shape index (κ2) is 10.8. The van der Waals surface area contributed by atoms with Crippen LogP contribution in [-0.4, -0.2) is 46.9 Å². The maximum atomic E-state index is 14.3. The predicted molar refractivity (Wildman–Crippen MR) is 134 cm³/mol. The monoisotopic (exact) mass is 557 g/mol. The fraction of sp³-hybridized carbons (Fsp3) is 0.621. The molecule has 0 amide bonds.